The molecule has 3 unspecified atom stereocenters. The van der Waals surface area contributed by atoms with Crippen molar-refractivity contribution in [3.05, 3.63) is 22.8 Å². The highest BCUT2D eigenvalue weighted by atomic mass is 16.5. The van der Waals surface area contributed by atoms with Gasteiger partial charge in [0.15, 0.2) is 0 Å². The maximum absolute atomic E-state index is 10.5. The van der Waals surface area contributed by atoms with Crippen LogP contribution in [-0.4, -0.2) is 49.4 Å². The second kappa shape index (κ2) is 9.99. The Labute approximate surface area is 164 Å². The molecule has 0 bridgehead atoms. The quantitative estimate of drug-likeness (QED) is 0.661. The smallest absolute Gasteiger partial charge is 0.0799 e. The first-order chi connectivity index (χ1) is 13.1. The van der Waals surface area contributed by atoms with E-state index in [0.717, 1.165) is 25.7 Å². The summed E-state index contributed by atoms with van der Waals surface area (Å²) in [5.74, 6) is 0.584. The fraction of sp³-hybridized carbons (Fsp3) is 0.783. The molecule has 0 aromatic rings. The Hall–Kier alpha value is -0.970. The number of methoxy groups -OCH3 is 1. The summed E-state index contributed by atoms with van der Waals surface area (Å²) in [5, 5.41) is 10.5. The number of hydrogen-bond acceptors (Lipinski definition) is 4. The minimum absolute atomic E-state index is 0.132. The summed E-state index contributed by atoms with van der Waals surface area (Å²) in [6.07, 6.45) is 12.3. The van der Waals surface area contributed by atoms with Crippen LogP contribution in [-0.2, 0) is 9.47 Å². The van der Waals surface area contributed by atoms with Gasteiger partial charge in [-0.3, -0.25) is 4.99 Å². The van der Waals surface area contributed by atoms with E-state index in [-0.39, 0.29) is 18.2 Å². The molecule has 0 aromatic carbocycles. The summed E-state index contributed by atoms with van der Waals surface area (Å²) in [4.78, 5) is 5.09. The summed E-state index contributed by atoms with van der Waals surface area (Å²) in [6.45, 7) is 5.71. The second-order valence-corrected chi connectivity index (χ2v) is 8.58. The molecule has 1 aliphatic heterocycles. The van der Waals surface area contributed by atoms with E-state index in [4.69, 9.17) is 14.5 Å². The Morgan fingerprint density at radius 3 is 2.59 bits per heavy atom. The van der Waals surface area contributed by atoms with Gasteiger partial charge in [0.05, 0.1) is 31.5 Å². The van der Waals surface area contributed by atoms with Gasteiger partial charge in [0.1, 0.15) is 0 Å². The number of nitrogens with zero attached hydrogens (tertiary/aromatic N) is 1. The summed E-state index contributed by atoms with van der Waals surface area (Å²) in [6, 6.07) is 0.132. The van der Waals surface area contributed by atoms with Crippen LogP contribution < -0.4 is 0 Å². The van der Waals surface area contributed by atoms with Crippen LogP contribution in [0, 0.1) is 5.92 Å². The van der Waals surface area contributed by atoms with E-state index in [9.17, 15) is 5.11 Å². The van der Waals surface area contributed by atoms with Crippen LogP contribution in [0.4, 0.5) is 0 Å². The molecule has 27 heavy (non-hydrogen) atoms. The fourth-order valence-electron chi connectivity index (χ4n) is 4.96. The van der Waals surface area contributed by atoms with E-state index in [0.29, 0.717) is 19.1 Å². The lowest BCUT2D eigenvalue weighted by Gasteiger charge is -2.35. The molecule has 1 N–H and O–H groups in total. The zero-order chi connectivity index (χ0) is 19.2. The first-order valence-corrected chi connectivity index (χ1v) is 10.8. The third-order valence-electron chi connectivity index (χ3n) is 6.52. The van der Waals surface area contributed by atoms with E-state index in [2.05, 4.69) is 19.9 Å². The standard InChI is InChI=1S/C23H37NO3/c1-16-13-20(27-12-11-26-3)14-17(2)21(16)15-19-9-10-22(25)23(24-19)18-7-5-4-6-8-18/h13,18,20,22-23,25H,4-12,14-15H2,1-3H3. The van der Waals surface area contributed by atoms with Gasteiger partial charge in [-0.15, -0.1) is 0 Å². The summed E-state index contributed by atoms with van der Waals surface area (Å²) < 4.78 is 11.0. The topological polar surface area (TPSA) is 51.0 Å². The van der Waals surface area contributed by atoms with Crippen LogP contribution in [0.1, 0.15) is 71.6 Å². The number of aliphatic imine (C=N–C) groups is 1. The van der Waals surface area contributed by atoms with E-state index in [1.807, 2.05) is 0 Å². The van der Waals surface area contributed by atoms with E-state index in [1.165, 1.54) is 54.5 Å². The lowest BCUT2D eigenvalue weighted by atomic mass is 9.79. The van der Waals surface area contributed by atoms with Crippen LogP contribution in [0.15, 0.2) is 27.8 Å². The monoisotopic (exact) mass is 375 g/mol. The zero-order valence-corrected chi connectivity index (χ0v) is 17.4. The molecule has 0 radical (unpaired) electrons. The average molecular weight is 376 g/mol. The molecule has 3 atom stereocenters. The van der Waals surface area contributed by atoms with Gasteiger partial charge < -0.3 is 14.6 Å². The van der Waals surface area contributed by atoms with Crippen LogP contribution in [0.5, 0.6) is 0 Å². The normalized spacial score (nSPS) is 30.3. The highest BCUT2D eigenvalue weighted by molar-refractivity contribution is 5.88. The van der Waals surface area contributed by atoms with Crippen molar-refractivity contribution in [2.24, 2.45) is 10.9 Å². The summed E-state index contributed by atoms with van der Waals surface area (Å²) in [5.41, 5.74) is 5.46. The van der Waals surface area contributed by atoms with Crippen molar-refractivity contribution in [2.75, 3.05) is 20.3 Å². The molecule has 152 valence electrons. The second-order valence-electron chi connectivity index (χ2n) is 8.58. The number of ether oxygens (including phenoxy) is 2. The van der Waals surface area contributed by atoms with Crippen molar-refractivity contribution >= 4 is 5.71 Å². The van der Waals surface area contributed by atoms with Gasteiger partial charge in [0, 0.05) is 19.2 Å². The number of hydrogen-bond donors (Lipinski definition) is 1. The number of aliphatic hydroxyl groups excluding tert-OH is 1. The molecule has 4 heteroatoms. The number of aliphatic hydroxyl groups is 1. The molecule has 0 aromatic heterocycles. The number of rotatable bonds is 7. The van der Waals surface area contributed by atoms with Crippen molar-refractivity contribution in [3.63, 3.8) is 0 Å². The van der Waals surface area contributed by atoms with Gasteiger partial charge in [-0.25, -0.2) is 0 Å². The average Bonchev–Trinajstić information content (AvgIpc) is 2.67. The van der Waals surface area contributed by atoms with Gasteiger partial charge >= 0.3 is 0 Å². The van der Waals surface area contributed by atoms with Gasteiger partial charge in [0.25, 0.3) is 0 Å². The highest BCUT2D eigenvalue weighted by Gasteiger charge is 2.32. The molecule has 4 nitrogen and oxygen atoms in total. The van der Waals surface area contributed by atoms with Crippen LogP contribution in [0.25, 0.3) is 0 Å². The molecule has 0 spiro atoms. The van der Waals surface area contributed by atoms with Crippen molar-refractivity contribution in [3.8, 4) is 0 Å². The fourth-order valence-corrected chi connectivity index (χ4v) is 4.96. The van der Waals surface area contributed by atoms with E-state index < -0.39 is 0 Å². The van der Waals surface area contributed by atoms with Crippen LogP contribution in [0.2, 0.25) is 0 Å². The summed E-state index contributed by atoms with van der Waals surface area (Å²) in [7, 11) is 1.71. The van der Waals surface area contributed by atoms with Crippen molar-refractivity contribution in [2.45, 2.75) is 89.9 Å². The zero-order valence-electron chi connectivity index (χ0n) is 17.4. The minimum Gasteiger partial charge on any atom is -0.391 e. The van der Waals surface area contributed by atoms with E-state index >= 15 is 0 Å². The lowest BCUT2D eigenvalue weighted by molar-refractivity contribution is 0.0388. The van der Waals surface area contributed by atoms with Crippen molar-refractivity contribution < 1.29 is 14.6 Å². The summed E-state index contributed by atoms with van der Waals surface area (Å²) >= 11 is 0. The maximum Gasteiger partial charge on any atom is 0.0799 e. The molecule has 1 saturated carbocycles. The predicted molar refractivity (Wildman–Crippen MR) is 110 cm³/mol. The Morgan fingerprint density at radius 2 is 1.89 bits per heavy atom. The molecule has 1 fully saturated rings. The Bertz CT molecular complexity index is 586. The SMILES string of the molecule is COCCOC1C=C(C)C(CC2=NC(C3CCCCC3)C(O)CC2)=C(C)C1. The number of allylic oxidation sites excluding steroid dienone is 2. The van der Waals surface area contributed by atoms with E-state index in [1.54, 1.807) is 7.11 Å². The molecule has 1 heterocycles. The van der Waals surface area contributed by atoms with Crippen molar-refractivity contribution in [1.29, 1.82) is 0 Å². The molecule has 3 rings (SSSR count). The molecule has 0 amide bonds. The minimum atomic E-state index is -0.242. The largest absolute Gasteiger partial charge is 0.391 e. The van der Waals surface area contributed by atoms with Crippen LogP contribution >= 0.6 is 0 Å². The predicted octanol–water partition coefficient (Wildman–Crippen LogP) is 4.62. The molecule has 0 saturated heterocycles. The van der Waals surface area contributed by atoms with Gasteiger partial charge in [-0.2, -0.15) is 0 Å². The highest BCUT2D eigenvalue weighted by Crippen LogP contribution is 2.35. The lowest BCUT2D eigenvalue weighted by Crippen LogP contribution is -2.37. The van der Waals surface area contributed by atoms with Gasteiger partial charge in [-0.05, 0) is 63.0 Å². The van der Waals surface area contributed by atoms with Crippen LogP contribution in [0.3, 0.4) is 0 Å². The Balaban J connectivity index is 1.65. The third-order valence-corrected chi connectivity index (χ3v) is 6.52. The molecule has 3 aliphatic rings. The maximum atomic E-state index is 10.5. The van der Waals surface area contributed by atoms with Crippen molar-refractivity contribution in [1.82, 2.24) is 0 Å². The molecule has 2 aliphatic carbocycles. The molecular formula is C23H37NO3. The Morgan fingerprint density at radius 1 is 1.11 bits per heavy atom. The third kappa shape index (κ3) is 5.52. The Kier molecular flexibility index (Phi) is 7.68. The van der Waals surface area contributed by atoms with Gasteiger partial charge in [-0.1, -0.05) is 30.9 Å². The first kappa shape index (κ1) is 20.8. The first-order valence-electron chi connectivity index (χ1n) is 10.8. The van der Waals surface area contributed by atoms with Gasteiger partial charge in [0.2, 0.25) is 0 Å². The molecular weight excluding hydrogens is 338 g/mol.